The summed E-state index contributed by atoms with van der Waals surface area (Å²) in [6, 6.07) is 3.86. The Kier molecular flexibility index (Phi) is 12.5. The molecule has 0 radical (unpaired) electrons. The Hall–Kier alpha value is -6.46. The number of hydrogen-bond acceptors (Lipinski definition) is 12. The molecular weight excluding hydrogens is 745 g/mol. The van der Waals surface area contributed by atoms with Crippen LogP contribution in [0, 0.1) is 0 Å². The van der Waals surface area contributed by atoms with Gasteiger partial charge in [0, 0.05) is 60.2 Å². The molecule has 8 heterocycles. The van der Waals surface area contributed by atoms with Gasteiger partial charge in [-0.2, -0.15) is 0 Å². The van der Waals surface area contributed by atoms with Gasteiger partial charge in [0.05, 0.1) is 16.9 Å². The highest BCUT2D eigenvalue weighted by Gasteiger charge is 2.18. The van der Waals surface area contributed by atoms with Crippen LogP contribution < -0.4 is 22.9 Å². The smallest absolute Gasteiger partial charge is 0.406 e. The molecule has 0 fully saturated rings. The van der Waals surface area contributed by atoms with Gasteiger partial charge < -0.3 is 8.83 Å². The second kappa shape index (κ2) is 17.0. The maximum absolute atomic E-state index is 11.7. The van der Waals surface area contributed by atoms with Crippen molar-refractivity contribution in [2.45, 2.75) is 79.1 Å². The van der Waals surface area contributed by atoms with Crippen LogP contribution in [0.4, 0.5) is 0 Å². The Morgan fingerprint density at radius 1 is 0.431 bits per heavy atom. The van der Waals surface area contributed by atoms with E-state index in [1.807, 2.05) is 26.0 Å². The van der Waals surface area contributed by atoms with Crippen molar-refractivity contribution in [3.63, 3.8) is 0 Å². The van der Waals surface area contributed by atoms with E-state index in [-0.39, 0.29) is 29.0 Å². The van der Waals surface area contributed by atoms with Crippen LogP contribution >= 0.6 is 0 Å². The molecule has 18 heteroatoms. The number of imidazole rings is 2. The van der Waals surface area contributed by atoms with Crippen molar-refractivity contribution in [2.75, 3.05) is 0 Å². The fourth-order valence-electron chi connectivity index (χ4n) is 6.57. The molecule has 0 unspecified atom stereocenters. The number of hydrogen-bond donors (Lipinski definition) is 0. The molecule has 0 saturated heterocycles. The van der Waals surface area contributed by atoms with Crippen LogP contribution in [0.2, 0.25) is 0 Å². The van der Waals surface area contributed by atoms with E-state index in [4.69, 9.17) is 8.83 Å². The first-order valence-corrected chi connectivity index (χ1v) is 18.9. The second-order valence-electron chi connectivity index (χ2n) is 15.2. The fraction of sp³-hybridized carbons (Fsp3) is 0.450. The number of fused-ring (bicyclic) bond motifs is 4. The third-order valence-electron chi connectivity index (χ3n) is 9.85. The van der Waals surface area contributed by atoms with Gasteiger partial charge in [-0.25, -0.2) is 49.1 Å². The first-order chi connectivity index (χ1) is 27.3. The monoisotopic (exact) mass is 796 g/mol. The first-order valence-electron chi connectivity index (χ1n) is 18.9. The summed E-state index contributed by atoms with van der Waals surface area (Å²) in [6.45, 7) is 16.4. The SMILES string of the molecule is CC(C)c1ccnc2c1n(C)c(=O)n2C.CC(C)c1ccnc2c1oc(=O)n2C.CC(C)c1ncnc2c1n(C)c(=O)n2C.CC(C)c1ncnc2c1oc(=O)n2C. The summed E-state index contributed by atoms with van der Waals surface area (Å²) >= 11 is 0. The largest absolute Gasteiger partial charge is 0.420 e. The standard InChI is InChI=1S/C11H15N3O.C10H14N4O.C10H12N2O2.C9H11N3O2/c1-7(2)8-5-6-12-10-9(8)13(3)11(15)14(10)4;1-6(2)7-8-9(12-5-11-7)14(4)10(15)13(8)3;1-6(2)7-4-5-11-9-8(7)14-10(13)12(9)3;1-5(2)6-7-8(11-4-10-6)12(3)9(13)14-7/h5-7H,1-4H3;5-6H,1-4H3;4-6H,1-3H3;4-5H,1-3H3. The number of aryl methyl sites for hydroxylation is 6. The first kappa shape index (κ1) is 42.7. The predicted molar refractivity (Wildman–Crippen MR) is 222 cm³/mol. The van der Waals surface area contributed by atoms with Crippen LogP contribution in [0.5, 0.6) is 0 Å². The van der Waals surface area contributed by atoms with Gasteiger partial charge in [-0.15, -0.1) is 0 Å². The van der Waals surface area contributed by atoms with E-state index in [0.29, 0.717) is 39.9 Å². The van der Waals surface area contributed by atoms with Crippen molar-refractivity contribution >= 4 is 44.8 Å². The lowest BCUT2D eigenvalue weighted by molar-refractivity contribution is 0.522. The summed E-state index contributed by atoms with van der Waals surface area (Å²) < 4.78 is 19.4. The van der Waals surface area contributed by atoms with Crippen molar-refractivity contribution in [3.8, 4) is 0 Å². The van der Waals surface area contributed by atoms with Crippen molar-refractivity contribution in [2.24, 2.45) is 42.3 Å². The van der Waals surface area contributed by atoms with E-state index in [9.17, 15) is 19.2 Å². The number of rotatable bonds is 4. The minimum atomic E-state index is -0.401. The van der Waals surface area contributed by atoms with Crippen molar-refractivity contribution in [1.82, 2.24) is 57.3 Å². The molecule has 0 saturated carbocycles. The summed E-state index contributed by atoms with van der Waals surface area (Å²) in [4.78, 5) is 70.8. The molecule has 0 aliphatic carbocycles. The van der Waals surface area contributed by atoms with Crippen LogP contribution in [0.1, 0.15) is 102 Å². The molecule has 0 amide bonds. The third kappa shape index (κ3) is 7.90. The molecule has 8 aromatic rings. The van der Waals surface area contributed by atoms with Gasteiger partial charge in [0.2, 0.25) is 0 Å². The van der Waals surface area contributed by atoms with Crippen LogP contribution in [0.25, 0.3) is 44.8 Å². The highest BCUT2D eigenvalue weighted by atomic mass is 16.4. The molecule has 0 aliphatic rings. The highest BCUT2D eigenvalue weighted by Crippen LogP contribution is 2.24. The lowest BCUT2D eigenvalue weighted by Crippen LogP contribution is -2.19. The van der Waals surface area contributed by atoms with E-state index in [0.717, 1.165) is 33.6 Å². The minimum absolute atomic E-state index is 0.0226. The summed E-state index contributed by atoms with van der Waals surface area (Å²) in [5.41, 5.74) is 9.29. The molecule has 0 N–H and O–H groups in total. The quantitative estimate of drug-likeness (QED) is 0.234. The number of oxazole rings is 2. The normalized spacial score (nSPS) is 11.5. The molecule has 0 bridgehead atoms. The average Bonchev–Trinajstić information content (AvgIpc) is 3.82. The van der Waals surface area contributed by atoms with Gasteiger partial charge in [-0.05, 0) is 41.4 Å². The predicted octanol–water partition coefficient (Wildman–Crippen LogP) is 4.88. The van der Waals surface area contributed by atoms with Gasteiger partial charge >= 0.3 is 22.9 Å². The molecule has 58 heavy (non-hydrogen) atoms. The molecule has 18 nitrogen and oxygen atoms in total. The Bertz CT molecular complexity index is 2780. The number of aromatic nitrogens is 12. The van der Waals surface area contributed by atoms with E-state index in [1.165, 1.54) is 27.4 Å². The van der Waals surface area contributed by atoms with Crippen LogP contribution in [-0.4, -0.2) is 57.3 Å². The van der Waals surface area contributed by atoms with Crippen molar-refractivity contribution in [3.05, 3.63) is 102 Å². The molecule has 0 spiro atoms. The maximum atomic E-state index is 11.7. The van der Waals surface area contributed by atoms with Crippen molar-refractivity contribution in [1.29, 1.82) is 0 Å². The van der Waals surface area contributed by atoms with Crippen LogP contribution in [0.15, 0.2) is 65.2 Å². The topological polar surface area (TPSA) is 201 Å². The van der Waals surface area contributed by atoms with E-state index in [2.05, 4.69) is 71.4 Å². The van der Waals surface area contributed by atoms with Gasteiger partial charge in [0.1, 0.15) is 18.2 Å². The molecular formula is C40H52N12O6. The molecule has 0 atom stereocenters. The fourth-order valence-corrected chi connectivity index (χ4v) is 6.57. The summed E-state index contributed by atoms with van der Waals surface area (Å²) in [5.74, 6) is 0.451. The van der Waals surface area contributed by atoms with Gasteiger partial charge in [0.25, 0.3) is 0 Å². The Morgan fingerprint density at radius 2 is 0.845 bits per heavy atom. The number of nitrogens with zero attached hydrogens (tertiary/aromatic N) is 12. The van der Waals surface area contributed by atoms with Crippen LogP contribution in [-0.2, 0) is 42.3 Å². The molecule has 0 aliphatic heterocycles. The van der Waals surface area contributed by atoms with Gasteiger partial charge in [-0.1, -0.05) is 55.4 Å². The Morgan fingerprint density at radius 3 is 1.36 bits per heavy atom. The molecule has 308 valence electrons. The number of pyridine rings is 2. The van der Waals surface area contributed by atoms with Gasteiger partial charge in [-0.3, -0.25) is 27.4 Å². The van der Waals surface area contributed by atoms with Gasteiger partial charge in [0.15, 0.2) is 33.8 Å². The lowest BCUT2D eigenvalue weighted by atomic mass is 10.0. The Balaban J connectivity index is 0.000000147. The van der Waals surface area contributed by atoms with E-state index in [1.54, 1.807) is 72.9 Å². The van der Waals surface area contributed by atoms with E-state index < -0.39 is 5.76 Å². The maximum Gasteiger partial charge on any atom is 0.420 e. The van der Waals surface area contributed by atoms with Crippen LogP contribution in [0.3, 0.4) is 0 Å². The summed E-state index contributed by atoms with van der Waals surface area (Å²) in [7, 11) is 10.3. The lowest BCUT2D eigenvalue weighted by Gasteiger charge is -2.07. The summed E-state index contributed by atoms with van der Waals surface area (Å²) in [6.07, 6.45) is 6.42. The zero-order chi connectivity index (χ0) is 42.9. The second-order valence-corrected chi connectivity index (χ2v) is 15.2. The highest BCUT2D eigenvalue weighted by molar-refractivity contribution is 5.76. The minimum Gasteiger partial charge on any atom is -0.406 e. The Labute approximate surface area is 333 Å². The average molecular weight is 797 g/mol. The molecule has 8 rings (SSSR count). The van der Waals surface area contributed by atoms with E-state index >= 15 is 0 Å². The molecule has 8 aromatic heterocycles. The summed E-state index contributed by atoms with van der Waals surface area (Å²) in [5, 5.41) is 0. The molecule has 0 aromatic carbocycles. The zero-order valence-corrected chi connectivity index (χ0v) is 35.6. The third-order valence-corrected chi connectivity index (χ3v) is 9.85. The zero-order valence-electron chi connectivity index (χ0n) is 35.6. The van der Waals surface area contributed by atoms with Crippen molar-refractivity contribution < 1.29 is 8.83 Å².